The van der Waals surface area contributed by atoms with Crippen molar-refractivity contribution in [2.24, 2.45) is 11.7 Å². The van der Waals surface area contributed by atoms with Crippen LogP contribution in [0.15, 0.2) is 71.1 Å². The minimum Gasteiger partial charge on any atom is -0.457 e. The molecule has 1 amide bonds. The largest absolute Gasteiger partial charge is 0.457 e. The predicted molar refractivity (Wildman–Crippen MR) is 137 cm³/mol. The van der Waals surface area contributed by atoms with Gasteiger partial charge in [0.05, 0.1) is 23.4 Å². The van der Waals surface area contributed by atoms with Crippen molar-refractivity contribution in [3.05, 3.63) is 71.1 Å². The molecule has 6 rings (SSSR count). The zero-order valence-electron chi connectivity index (χ0n) is 20.8. The van der Waals surface area contributed by atoms with E-state index in [1.54, 1.807) is 55.5 Å². The van der Waals surface area contributed by atoms with Crippen molar-refractivity contribution in [1.29, 1.82) is 0 Å². The first-order valence-electron chi connectivity index (χ1n) is 12.2. The number of ketones is 2. The molecule has 0 unspecified atom stereocenters. The van der Waals surface area contributed by atoms with Crippen molar-refractivity contribution in [3.63, 3.8) is 0 Å². The Bertz CT molecular complexity index is 1420. The minimum atomic E-state index is -1.02. The fraction of sp³-hybridized carbons (Fsp3) is 0.296. The predicted octanol–water partition coefficient (Wildman–Crippen LogP) is 1.88. The maximum Gasteiger partial charge on any atom is 0.404 e. The van der Waals surface area contributed by atoms with Gasteiger partial charge >= 0.3 is 6.09 Å². The number of hydrogen-bond acceptors (Lipinski definition) is 10. The number of primary amides is 1. The fourth-order valence-corrected chi connectivity index (χ4v) is 5.86. The maximum atomic E-state index is 13.9. The zero-order chi connectivity index (χ0) is 26.8. The van der Waals surface area contributed by atoms with Gasteiger partial charge in [0.2, 0.25) is 11.6 Å². The summed E-state index contributed by atoms with van der Waals surface area (Å²) in [6.45, 7) is 1.95. The van der Waals surface area contributed by atoms with Crippen LogP contribution in [0, 0.1) is 5.92 Å². The van der Waals surface area contributed by atoms with Gasteiger partial charge in [0.15, 0.2) is 5.72 Å². The standard InChI is InChI=1S/C27H27N5O6/c1-13-21(30-15-5-9-17(10-6-15)38-16-7-3-14(28)4-8-16)24(34)20-18(12-37-26(29)35)27(36-2)25-19(31-25)11-32(27)22(20)23(13)33/h3-10,18-19,25,30-31H,11-12,28H2,1-2H3,(H2,29,35)/t18-,19+,25+,27-/m1/s1. The van der Waals surface area contributed by atoms with E-state index in [0.717, 1.165) is 0 Å². The van der Waals surface area contributed by atoms with Gasteiger partial charge in [-0.25, -0.2) is 4.79 Å². The molecule has 4 atom stereocenters. The van der Waals surface area contributed by atoms with Crippen LogP contribution in [-0.4, -0.2) is 60.6 Å². The minimum absolute atomic E-state index is 0.106. The number of Topliss-reactive ketones (excluding diaryl/α,β-unsaturated/α-hetero) is 2. The number of nitrogens with one attached hydrogen (secondary N) is 2. The topological polar surface area (TPSA) is 168 Å². The number of nitrogen functional groups attached to an aromatic ring is 1. The van der Waals surface area contributed by atoms with E-state index < -0.39 is 17.7 Å². The second-order valence-electron chi connectivity index (χ2n) is 9.74. The highest BCUT2D eigenvalue weighted by Gasteiger charge is 2.72. The number of anilines is 2. The van der Waals surface area contributed by atoms with Crippen molar-refractivity contribution in [2.45, 2.75) is 24.7 Å². The molecule has 1 aliphatic carbocycles. The van der Waals surface area contributed by atoms with E-state index in [0.29, 0.717) is 40.7 Å². The Morgan fingerprint density at radius 3 is 2.39 bits per heavy atom. The molecular weight excluding hydrogens is 490 g/mol. The average molecular weight is 518 g/mol. The van der Waals surface area contributed by atoms with E-state index >= 15 is 0 Å². The SMILES string of the molecule is CO[C@@]12[C@H](COC(N)=O)C3=C(C(=O)C(C)=C(Nc4ccc(Oc5ccc(N)cc5)cc4)C3=O)N1C[C@@H]1N[C@@H]12. The molecule has 2 fully saturated rings. The Hall–Kier alpha value is -4.35. The van der Waals surface area contributed by atoms with Gasteiger partial charge < -0.3 is 41.2 Å². The Balaban J connectivity index is 1.28. The molecule has 38 heavy (non-hydrogen) atoms. The van der Waals surface area contributed by atoms with Crippen LogP contribution in [0.3, 0.4) is 0 Å². The van der Waals surface area contributed by atoms with E-state index in [1.807, 2.05) is 4.90 Å². The molecule has 11 heteroatoms. The third kappa shape index (κ3) is 3.54. The lowest BCUT2D eigenvalue weighted by atomic mass is 9.82. The number of rotatable bonds is 7. The van der Waals surface area contributed by atoms with Crippen LogP contribution in [0.4, 0.5) is 16.2 Å². The summed E-state index contributed by atoms with van der Waals surface area (Å²) in [5.41, 5.74) is 12.2. The number of fused-ring (bicyclic) bond motifs is 4. The number of nitrogens with zero attached hydrogens (tertiary/aromatic N) is 1. The number of allylic oxidation sites excluding steroid dienone is 2. The fourth-order valence-electron chi connectivity index (χ4n) is 5.86. The summed E-state index contributed by atoms with van der Waals surface area (Å²) >= 11 is 0. The number of hydrogen-bond donors (Lipinski definition) is 4. The van der Waals surface area contributed by atoms with Gasteiger partial charge in [-0.05, 0) is 55.5 Å². The third-order valence-corrected chi connectivity index (χ3v) is 7.67. The average Bonchev–Trinajstić information content (AvgIpc) is 3.52. The van der Waals surface area contributed by atoms with Crippen molar-refractivity contribution in [1.82, 2.24) is 10.2 Å². The summed E-state index contributed by atoms with van der Waals surface area (Å²) in [6, 6.07) is 14.1. The molecule has 0 radical (unpaired) electrons. The summed E-state index contributed by atoms with van der Waals surface area (Å²) in [5, 5.41) is 6.46. The second-order valence-corrected chi connectivity index (χ2v) is 9.74. The molecule has 0 spiro atoms. The Kier molecular flexibility index (Phi) is 5.44. The molecule has 2 aromatic rings. The third-order valence-electron chi connectivity index (χ3n) is 7.67. The van der Waals surface area contributed by atoms with Crippen LogP contribution < -0.4 is 26.8 Å². The number of piperazine rings is 1. The van der Waals surface area contributed by atoms with Crippen molar-refractivity contribution in [2.75, 3.05) is 31.3 Å². The van der Waals surface area contributed by atoms with Crippen LogP contribution in [0.25, 0.3) is 0 Å². The number of amides is 1. The number of nitrogens with two attached hydrogens (primary N) is 2. The van der Waals surface area contributed by atoms with Crippen molar-refractivity contribution < 1.29 is 28.6 Å². The van der Waals surface area contributed by atoms with E-state index in [1.165, 1.54) is 7.11 Å². The number of benzene rings is 2. The summed E-state index contributed by atoms with van der Waals surface area (Å²) < 4.78 is 17.0. The number of carbonyl (C=O) groups excluding carboxylic acids is 3. The van der Waals surface area contributed by atoms with Gasteiger partial charge in [-0.15, -0.1) is 0 Å². The normalized spacial score (nSPS) is 27.2. The number of ether oxygens (including phenoxy) is 3. The van der Waals surface area contributed by atoms with Crippen LogP contribution in [0.1, 0.15) is 6.92 Å². The summed E-state index contributed by atoms with van der Waals surface area (Å²) in [4.78, 5) is 40.9. The zero-order valence-corrected chi connectivity index (χ0v) is 20.8. The maximum absolute atomic E-state index is 13.9. The first-order valence-corrected chi connectivity index (χ1v) is 12.2. The molecule has 6 N–H and O–H groups in total. The molecule has 0 aromatic heterocycles. The van der Waals surface area contributed by atoms with E-state index in [4.69, 9.17) is 25.7 Å². The van der Waals surface area contributed by atoms with E-state index in [9.17, 15) is 14.4 Å². The van der Waals surface area contributed by atoms with Gasteiger partial charge in [0, 0.05) is 42.2 Å². The highest BCUT2D eigenvalue weighted by atomic mass is 16.6. The summed E-state index contributed by atoms with van der Waals surface area (Å²) in [7, 11) is 1.54. The molecule has 3 aliphatic heterocycles. The lowest BCUT2D eigenvalue weighted by Gasteiger charge is -2.39. The first-order chi connectivity index (χ1) is 18.2. The van der Waals surface area contributed by atoms with E-state index in [-0.39, 0.29) is 41.5 Å². The summed E-state index contributed by atoms with van der Waals surface area (Å²) in [6.07, 6.45) is -0.962. The molecule has 0 saturated carbocycles. The summed E-state index contributed by atoms with van der Waals surface area (Å²) in [5.74, 6) is -0.0840. The molecule has 196 valence electrons. The monoisotopic (exact) mass is 517 g/mol. The smallest absolute Gasteiger partial charge is 0.404 e. The molecule has 11 nitrogen and oxygen atoms in total. The second kappa shape index (κ2) is 8.61. The Labute approximate surface area is 218 Å². The number of carbonyl (C=O) groups is 3. The molecule has 0 bridgehead atoms. The van der Waals surface area contributed by atoms with Crippen LogP contribution in [0.2, 0.25) is 0 Å². The van der Waals surface area contributed by atoms with Crippen molar-refractivity contribution in [3.8, 4) is 11.5 Å². The lowest BCUT2D eigenvalue weighted by molar-refractivity contribution is -0.137. The van der Waals surface area contributed by atoms with Gasteiger partial charge in [0.1, 0.15) is 18.1 Å². The van der Waals surface area contributed by atoms with Gasteiger partial charge in [-0.2, -0.15) is 0 Å². The molecule has 2 aromatic carbocycles. The number of methoxy groups -OCH3 is 1. The molecule has 3 heterocycles. The molecular formula is C27H27N5O6. The highest BCUT2D eigenvalue weighted by Crippen LogP contribution is 2.55. The van der Waals surface area contributed by atoms with E-state index in [2.05, 4.69) is 10.6 Å². The Morgan fingerprint density at radius 2 is 1.76 bits per heavy atom. The van der Waals surface area contributed by atoms with Gasteiger partial charge in [0.25, 0.3) is 0 Å². The quantitative estimate of drug-likeness (QED) is 0.242. The molecule has 4 aliphatic rings. The highest BCUT2D eigenvalue weighted by molar-refractivity contribution is 6.26. The van der Waals surface area contributed by atoms with Crippen molar-refractivity contribution >= 4 is 29.0 Å². The van der Waals surface area contributed by atoms with Crippen LogP contribution >= 0.6 is 0 Å². The first kappa shape index (κ1) is 24.0. The Morgan fingerprint density at radius 1 is 1.11 bits per heavy atom. The van der Waals surface area contributed by atoms with Crippen LogP contribution in [0.5, 0.6) is 11.5 Å². The van der Waals surface area contributed by atoms with Gasteiger partial charge in [-0.3, -0.25) is 9.59 Å². The van der Waals surface area contributed by atoms with Gasteiger partial charge in [-0.1, -0.05) is 0 Å². The van der Waals surface area contributed by atoms with Crippen LogP contribution in [-0.2, 0) is 19.1 Å². The lowest BCUT2D eigenvalue weighted by Crippen LogP contribution is -2.55. The molecule has 2 saturated heterocycles.